The van der Waals surface area contributed by atoms with Crippen molar-refractivity contribution in [3.05, 3.63) is 47.8 Å². The molecule has 1 aliphatic rings. The van der Waals surface area contributed by atoms with Gasteiger partial charge in [-0.1, -0.05) is 25.8 Å². The molecule has 146 valence electrons. The van der Waals surface area contributed by atoms with Crippen molar-refractivity contribution >= 4 is 0 Å². The summed E-state index contributed by atoms with van der Waals surface area (Å²) in [6.07, 6.45) is 4.55. The summed E-state index contributed by atoms with van der Waals surface area (Å²) in [5, 5.41) is 0. The minimum absolute atomic E-state index is 0.0114. The van der Waals surface area contributed by atoms with E-state index in [2.05, 4.69) is 6.92 Å². The maximum atomic E-state index is 14.4. The van der Waals surface area contributed by atoms with E-state index in [0.717, 1.165) is 18.8 Å². The number of ether oxygens (including phenoxy) is 2. The molecular formula is C22H25F3O2. The third-order valence-electron chi connectivity index (χ3n) is 5.20. The smallest absolute Gasteiger partial charge is 0.201 e. The Balaban J connectivity index is 1.72. The van der Waals surface area contributed by atoms with Gasteiger partial charge in [-0.15, -0.1) is 0 Å². The van der Waals surface area contributed by atoms with E-state index >= 15 is 0 Å². The SMILES string of the molecule is CCOc1ccc(-c2ccc(OCC3CCC(C)CC3)c(F)c2)c(F)c1F. The fourth-order valence-corrected chi connectivity index (χ4v) is 3.51. The molecule has 0 amide bonds. The predicted molar refractivity (Wildman–Crippen MR) is 99.5 cm³/mol. The Kier molecular flexibility index (Phi) is 6.30. The second-order valence-electron chi connectivity index (χ2n) is 7.25. The summed E-state index contributed by atoms with van der Waals surface area (Å²) in [4.78, 5) is 0. The van der Waals surface area contributed by atoms with Crippen molar-refractivity contribution in [3.63, 3.8) is 0 Å². The van der Waals surface area contributed by atoms with Crippen LogP contribution in [0.4, 0.5) is 13.2 Å². The molecule has 0 saturated heterocycles. The summed E-state index contributed by atoms with van der Waals surface area (Å²) in [7, 11) is 0. The molecule has 0 radical (unpaired) electrons. The topological polar surface area (TPSA) is 18.5 Å². The molecular weight excluding hydrogens is 353 g/mol. The van der Waals surface area contributed by atoms with E-state index in [-0.39, 0.29) is 29.2 Å². The van der Waals surface area contributed by atoms with Crippen LogP contribution in [0.15, 0.2) is 30.3 Å². The quantitative estimate of drug-likeness (QED) is 0.581. The Labute approximate surface area is 158 Å². The molecule has 0 aliphatic heterocycles. The van der Waals surface area contributed by atoms with Crippen LogP contribution in [0, 0.1) is 29.3 Å². The van der Waals surface area contributed by atoms with Crippen molar-refractivity contribution in [2.45, 2.75) is 39.5 Å². The van der Waals surface area contributed by atoms with Crippen molar-refractivity contribution < 1.29 is 22.6 Å². The third kappa shape index (κ3) is 4.57. The molecule has 0 N–H and O–H groups in total. The highest BCUT2D eigenvalue weighted by atomic mass is 19.2. The molecule has 0 spiro atoms. The van der Waals surface area contributed by atoms with Gasteiger partial charge < -0.3 is 9.47 Å². The summed E-state index contributed by atoms with van der Waals surface area (Å²) in [6.45, 7) is 4.65. The lowest BCUT2D eigenvalue weighted by molar-refractivity contribution is 0.183. The van der Waals surface area contributed by atoms with Gasteiger partial charge in [0.1, 0.15) is 0 Å². The zero-order chi connectivity index (χ0) is 19.4. The van der Waals surface area contributed by atoms with E-state index in [1.807, 2.05) is 0 Å². The van der Waals surface area contributed by atoms with Crippen LogP contribution in [-0.4, -0.2) is 13.2 Å². The second-order valence-corrected chi connectivity index (χ2v) is 7.25. The summed E-state index contributed by atoms with van der Waals surface area (Å²) in [6, 6.07) is 6.94. The number of rotatable bonds is 6. The van der Waals surface area contributed by atoms with Crippen LogP contribution in [0.25, 0.3) is 11.1 Å². The number of halogens is 3. The predicted octanol–water partition coefficient (Wildman–Crippen LogP) is 6.37. The Hall–Kier alpha value is -2.17. The summed E-state index contributed by atoms with van der Waals surface area (Å²) in [5.41, 5.74) is 0.244. The molecule has 0 atom stereocenters. The van der Waals surface area contributed by atoms with E-state index in [9.17, 15) is 13.2 Å². The summed E-state index contributed by atoms with van der Waals surface area (Å²) >= 11 is 0. The lowest BCUT2D eigenvalue weighted by Crippen LogP contribution is -2.19. The van der Waals surface area contributed by atoms with E-state index in [4.69, 9.17) is 9.47 Å². The van der Waals surface area contributed by atoms with Crippen LogP contribution >= 0.6 is 0 Å². The molecule has 3 rings (SSSR count). The highest BCUT2D eigenvalue weighted by Gasteiger charge is 2.20. The number of hydrogen-bond donors (Lipinski definition) is 0. The van der Waals surface area contributed by atoms with Gasteiger partial charge in [-0.2, -0.15) is 4.39 Å². The molecule has 2 aromatic carbocycles. The van der Waals surface area contributed by atoms with Gasteiger partial charge in [0.15, 0.2) is 23.1 Å². The number of hydrogen-bond acceptors (Lipinski definition) is 2. The Morgan fingerprint density at radius 1 is 0.889 bits per heavy atom. The van der Waals surface area contributed by atoms with Crippen molar-refractivity contribution in [2.75, 3.05) is 13.2 Å². The van der Waals surface area contributed by atoms with E-state index in [0.29, 0.717) is 12.5 Å². The first-order chi connectivity index (χ1) is 13.0. The van der Waals surface area contributed by atoms with Gasteiger partial charge in [0.2, 0.25) is 5.82 Å². The van der Waals surface area contributed by atoms with Crippen LogP contribution in [-0.2, 0) is 0 Å². The first-order valence-corrected chi connectivity index (χ1v) is 9.53. The van der Waals surface area contributed by atoms with Crippen molar-refractivity contribution in [1.82, 2.24) is 0 Å². The molecule has 0 heterocycles. The molecule has 1 saturated carbocycles. The van der Waals surface area contributed by atoms with Gasteiger partial charge in [0.05, 0.1) is 13.2 Å². The fourth-order valence-electron chi connectivity index (χ4n) is 3.51. The van der Waals surface area contributed by atoms with Gasteiger partial charge in [0.25, 0.3) is 0 Å². The van der Waals surface area contributed by atoms with Gasteiger partial charge in [-0.25, -0.2) is 8.78 Å². The largest absolute Gasteiger partial charge is 0.491 e. The zero-order valence-corrected chi connectivity index (χ0v) is 15.7. The van der Waals surface area contributed by atoms with Gasteiger partial charge >= 0.3 is 0 Å². The van der Waals surface area contributed by atoms with Crippen molar-refractivity contribution in [3.8, 4) is 22.6 Å². The molecule has 2 nitrogen and oxygen atoms in total. The molecule has 2 aromatic rings. The van der Waals surface area contributed by atoms with Gasteiger partial charge in [-0.3, -0.25) is 0 Å². The Morgan fingerprint density at radius 3 is 2.26 bits per heavy atom. The first-order valence-electron chi connectivity index (χ1n) is 9.53. The minimum Gasteiger partial charge on any atom is -0.491 e. The van der Waals surface area contributed by atoms with Crippen molar-refractivity contribution in [1.29, 1.82) is 0 Å². The Morgan fingerprint density at radius 2 is 1.59 bits per heavy atom. The highest BCUT2D eigenvalue weighted by molar-refractivity contribution is 5.66. The molecule has 0 bridgehead atoms. The maximum absolute atomic E-state index is 14.4. The number of benzene rings is 2. The van der Waals surface area contributed by atoms with E-state index < -0.39 is 17.5 Å². The van der Waals surface area contributed by atoms with E-state index in [1.165, 1.54) is 37.1 Å². The standard InChI is InChI=1S/C22H25F3O2/c1-3-26-20-11-9-17(21(24)22(20)25)16-8-10-19(18(23)12-16)27-13-15-6-4-14(2)5-7-15/h8-12,14-15H,3-7,13H2,1-2H3. The van der Waals surface area contributed by atoms with Crippen molar-refractivity contribution in [2.24, 2.45) is 11.8 Å². The molecule has 5 heteroatoms. The average molecular weight is 378 g/mol. The third-order valence-corrected chi connectivity index (χ3v) is 5.20. The highest BCUT2D eigenvalue weighted by Crippen LogP contribution is 2.33. The summed E-state index contributed by atoms with van der Waals surface area (Å²) < 4.78 is 53.5. The Bertz CT molecular complexity index is 783. The van der Waals surface area contributed by atoms with Crippen LogP contribution in [0.5, 0.6) is 11.5 Å². The molecule has 0 unspecified atom stereocenters. The van der Waals surface area contributed by atoms with Crippen LogP contribution in [0.1, 0.15) is 39.5 Å². The van der Waals surface area contributed by atoms with Crippen LogP contribution < -0.4 is 9.47 Å². The fraction of sp³-hybridized carbons (Fsp3) is 0.455. The molecule has 27 heavy (non-hydrogen) atoms. The van der Waals surface area contributed by atoms with Gasteiger partial charge in [0, 0.05) is 5.56 Å². The molecule has 1 aliphatic carbocycles. The first kappa shape index (κ1) is 19.6. The lowest BCUT2D eigenvalue weighted by Gasteiger charge is -2.26. The lowest BCUT2D eigenvalue weighted by atomic mass is 9.83. The van der Waals surface area contributed by atoms with E-state index in [1.54, 1.807) is 13.0 Å². The second kappa shape index (κ2) is 8.68. The van der Waals surface area contributed by atoms with Crippen LogP contribution in [0.2, 0.25) is 0 Å². The van der Waals surface area contributed by atoms with Crippen LogP contribution in [0.3, 0.4) is 0 Å². The molecule has 1 fully saturated rings. The maximum Gasteiger partial charge on any atom is 0.201 e. The summed E-state index contributed by atoms with van der Waals surface area (Å²) in [5.74, 6) is -1.51. The average Bonchev–Trinajstić information content (AvgIpc) is 2.66. The molecule has 0 aromatic heterocycles. The normalized spacial score (nSPS) is 19.7. The minimum atomic E-state index is -1.07. The zero-order valence-electron chi connectivity index (χ0n) is 15.7. The monoisotopic (exact) mass is 378 g/mol. The van der Waals surface area contributed by atoms with Gasteiger partial charge in [-0.05, 0) is 61.4 Å².